The first-order chi connectivity index (χ1) is 11.8. The molecule has 0 spiro atoms. The molecule has 0 unspecified atom stereocenters. The van der Waals surface area contributed by atoms with E-state index in [0.717, 1.165) is 45.1 Å². The second-order valence-corrected chi connectivity index (χ2v) is 6.26. The molecule has 24 heavy (non-hydrogen) atoms. The van der Waals surface area contributed by atoms with Crippen molar-refractivity contribution >= 4 is 22.9 Å². The summed E-state index contributed by atoms with van der Waals surface area (Å²) in [6.45, 7) is 4.96. The largest absolute Gasteiger partial charge is 0.463 e. The minimum atomic E-state index is -0.325. The number of esters is 1. The van der Waals surface area contributed by atoms with Crippen molar-refractivity contribution in [2.45, 2.75) is 45.1 Å². The first kappa shape index (κ1) is 16.6. The molecule has 2 aromatic rings. The molecule has 1 heterocycles. The molecule has 0 N–H and O–H groups in total. The minimum Gasteiger partial charge on any atom is -0.463 e. The summed E-state index contributed by atoms with van der Waals surface area (Å²) in [5, 5.41) is 1.37. The molecule has 1 aromatic heterocycles. The number of unbranched alkanes of at least 4 members (excludes halogenated alkanes) is 3. The van der Waals surface area contributed by atoms with Gasteiger partial charge >= 0.3 is 5.97 Å². The Morgan fingerprint density at radius 3 is 2.92 bits per heavy atom. The Bertz CT molecular complexity index is 755. The Labute approximate surface area is 143 Å². The Morgan fingerprint density at radius 2 is 2.04 bits per heavy atom. The molecule has 1 aliphatic rings. The van der Waals surface area contributed by atoms with Crippen molar-refractivity contribution in [1.82, 2.24) is 4.57 Å². The van der Waals surface area contributed by atoms with Crippen molar-refractivity contribution in [2.75, 3.05) is 6.61 Å². The van der Waals surface area contributed by atoms with Crippen LogP contribution in [0.25, 0.3) is 17.0 Å². The van der Waals surface area contributed by atoms with E-state index in [-0.39, 0.29) is 5.97 Å². The smallest absolute Gasteiger partial charge is 0.330 e. The monoisotopic (exact) mass is 323 g/mol. The van der Waals surface area contributed by atoms with E-state index >= 15 is 0 Å². The summed E-state index contributed by atoms with van der Waals surface area (Å²) in [5.74, 6) is -0.325. The van der Waals surface area contributed by atoms with Gasteiger partial charge in [-0.1, -0.05) is 43.4 Å². The molecule has 0 saturated heterocycles. The van der Waals surface area contributed by atoms with Crippen LogP contribution in [0.4, 0.5) is 0 Å². The molecule has 0 bridgehead atoms. The number of para-hydroxylation sites is 1. The lowest BCUT2D eigenvalue weighted by Gasteiger charge is -2.13. The van der Waals surface area contributed by atoms with Crippen LogP contribution >= 0.6 is 0 Å². The van der Waals surface area contributed by atoms with E-state index in [9.17, 15) is 4.79 Å². The summed E-state index contributed by atoms with van der Waals surface area (Å²) in [7, 11) is 0. The van der Waals surface area contributed by atoms with Crippen molar-refractivity contribution < 1.29 is 9.53 Å². The normalized spacial score (nSPS) is 13.0. The molecule has 0 fully saturated rings. The highest BCUT2D eigenvalue weighted by Crippen LogP contribution is 2.31. The van der Waals surface area contributed by atoms with E-state index in [1.807, 2.05) is 0 Å². The Hall–Kier alpha value is -2.29. The fraction of sp³-hybridized carbons (Fsp3) is 0.381. The van der Waals surface area contributed by atoms with Crippen LogP contribution in [0, 0.1) is 0 Å². The van der Waals surface area contributed by atoms with Gasteiger partial charge in [0.15, 0.2) is 0 Å². The number of hydrogen-bond donors (Lipinski definition) is 0. The first-order valence-electron chi connectivity index (χ1n) is 8.87. The van der Waals surface area contributed by atoms with E-state index in [1.54, 1.807) is 0 Å². The number of hydrogen-bond acceptors (Lipinski definition) is 2. The molecule has 1 aliphatic carbocycles. The fourth-order valence-corrected chi connectivity index (χ4v) is 3.47. The highest BCUT2D eigenvalue weighted by Gasteiger charge is 2.16. The maximum atomic E-state index is 11.0. The third-order valence-corrected chi connectivity index (χ3v) is 4.64. The summed E-state index contributed by atoms with van der Waals surface area (Å²) < 4.78 is 7.51. The predicted molar refractivity (Wildman–Crippen MR) is 98.9 cm³/mol. The number of nitrogens with zero attached hydrogens (tertiary/aromatic N) is 1. The van der Waals surface area contributed by atoms with Crippen LogP contribution in [0.5, 0.6) is 0 Å². The van der Waals surface area contributed by atoms with Crippen molar-refractivity contribution in [3.8, 4) is 0 Å². The maximum absolute atomic E-state index is 11.0. The third kappa shape index (κ3) is 3.61. The van der Waals surface area contributed by atoms with Crippen LogP contribution in [0.3, 0.4) is 0 Å². The predicted octanol–water partition coefficient (Wildman–Crippen LogP) is 4.89. The molecule has 3 rings (SSSR count). The number of carbonyl (C=O) groups excluding carboxylic acids is 1. The van der Waals surface area contributed by atoms with Gasteiger partial charge in [-0.2, -0.15) is 0 Å². The van der Waals surface area contributed by atoms with Gasteiger partial charge in [0.25, 0.3) is 0 Å². The van der Waals surface area contributed by atoms with E-state index in [4.69, 9.17) is 4.74 Å². The Balaban J connectivity index is 1.55. The number of rotatable bonds is 8. The zero-order chi connectivity index (χ0) is 16.8. The fourth-order valence-electron chi connectivity index (χ4n) is 3.47. The summed E-state index contributed by atoms with van der Waals surface area (Å²) in [6, 6.07) is 8.71. The number of allylic oxidation sites excluding steroid dienone is 1. The summed E-state index contributed by atoms with van der Waals surface area (Å²) in [6.07, 6.45) is 12.4. The zero-order valence-corrected chi connectivity index (χ0v) is 14.2. The Kier molecular flexibility index (Phi) is 5.52. The van der Waals surface area contributed by atoms with Crippen LogP contribution < -0.4 is 0 Å². The lowest BCUT2D eigenvalue weighted by Crippen LogP contribution is -2.06. The van der Waals surface area contributed by atoms with E-state index in [1.165, 1.54) is 28.2 Å². The van der Waals surface area contributed by atoms with Gasteiger partial charge in [-0.25, -0.2) is 4.79 Å². The molecule has 0 radical (unpaired) electrons. The van der Waals surface area contributed by atoms with Gasteiger partial charge in [0, 0.05) is 34.8 Å². The highest BCUT2D eigenvalue weighted by molar-refractivity contribution is 5.91. The van der Waals surface area contributed by atoms with Crippen molar-refractivity contribution in [3.05, 3.63) is 54.3 Å². The topological polar surface area (TPSA) is 31.2 Å². The number of benzene rings is 1. The second kappa shape index (κ2) is 8.00. The first-order valence-corrected chi connectivity index (χ1v) is 8.87. The number of carbonyl (C=O) groups is 1. The molecule has 0 saturated carbocycles. The average molecular weight is 323 g/mol. The van der Waals surface area contributed by atoms with Crippen LogP contribution in [-0.4, -0.2) is 17.1 Å². The van der Waals surface area contributed by atoms with Crippen molar-refractivity contribution in [1.29, 1.82) is 0 Å². The summed E-state index contributed by atoms with van der Waals surface area (Å²) >= 11 is 0. The molecule has 126 valence electrons. The highest BCUT2D eigenvalue weighted by atomic mass is 16.5. The molecular weight excluding hydrogens is 298 g/mol. The second-order valence-electron chi connectivity index (χ2n) is 6.26. The number of aryl methyl sites for hydroxylation is 1. The van der Waals surface area contributed by atoms with Crippen LogP contribution in [0.1, 0.15) is 43.4 Å². The SMILES string of the molecule is C=CC(=O)OCCCCCCn1c2c(c3ccccc31)C=CCC2. The molecule has 3 heteroatoms. The molecule has 1 aromatic carbocycles. The van der Waals surface area contributed by atoms with Gasteiger partial charge in [-0.15, -0.1) is 0 Å². The zero-order valence-electron chi connectivity index (χ0n) is 14.2. The minimum absolute atomic E-state index is 0.325. The van der Waals surface area contributed by atoms with Crippen molar-refractivity contribution in [3.63, 3.8) is 0 Å². The molecule has 0 atom stereocenters. The van der Waals surface area contributed by atoms with Crippen LogP contribution in [-0.2, 0) is 22.5 Å². The Morgan fingerprint density at radius 1 is 1.21 bits per heavy atom. The van der Waals surface area contributed by atoms with Crippen LogP contribution in [0.2, 0.25) is 0 Å². The van der Waals surface area contributed by atoms with E-state index in [2.05, 4.69) is 47.6 Å². The van der Waals surface area contributed by atoms with Gasteiger partial charge in [0.2, 0.25) is 0 Å². The van der Waals surface area contributed by atoms with E-state index < -0.39 is 0 Å². The van der Waals surface area contributed by atoms with Gasteiger partial charge in [0.1, 0.15) is 0 Å². The number of aromatic nitrogens is 1. The molecule has 0 amide bonds. The standard InChI is InChI=1S/C21H25NO2/c1-2-21(23)24-16-10-4-3-9-15-22-19-13-7-5-11-17(19)18-12-6-8-14-20(18)22/h2,5-7,11-13H,1,3-4,8-10,14-16H2. The summed E-state index contributed by atoms with van der Waals surface area (Å²) in [4.78, 5) is 11.0. The number of fused-ring (bicyclic) bond motifs is 3. The van der Waals surface area contributed by atoms with Gasteiger partial charge < -0.3 is 9.30 Å². The van der Waals surface area contributed by atoms with Crippen LogP contribution in [0.15, 0.2) is 43.0 Å². The van der Waals surface area contributed by atoms with Gasteiger partial charge in [-0.05, 0) is 38.2 Å². The number of ether oxygens (including phenoxy) is 1. The molecule has 3 nitrogen and oxygen atoms in total. The lowest BCUT2D eigenvalue weighted by atomic mass is 10.0. The van der Waals surface area contributed by atoms with Crippen molar-refractivity contribution in [2.24, 2.45) is 0 Å². The van der Waals surface area contributed by atoms with Gasteiger partial charge in [0.05, 0.1) is 6.61 Å². The molecular formula is C21H25NO2. The summed E-state index contributed by atoms with van der Waals surface area (Å²) in [5.41, 5.74) is 4.25. The van der Waals surface area contributed by atoms with E-state index in [0.29, 0.717) is 6.61 Å². The quantitative estimate of drug-likeness (QED) is 0.393. The average Bonchev–Trinajstić information content (AvgIpc) is 2.95. The van der Waals surface area contributed by atoms with Gasteiger partial charge in [-0.3, -0.25) is 0 Å². The maximum Gasteiger partial charge on any atom is 0.330 e. The third-order valence-electron chi connectivity index (χ3n) is 4.64. The lowest BCUT2D eigenvalue weighted by molar-refractivity contribution is -0.137. The molecule has 0 aliphatic heterocycles.